The minimum Gasteiger partial charge on any atom is -0.368 e. The second-order valence-electron chi connectivity index (χ2n) is 2.42. The van der Waals surface area contributed by atoms with Gasteiger partial charge in [0.05, 0.1) is 5.51 Å². The normalized spacial score (nSPS) is 9.33. The fourth-order valence-corrected chi connectivity index (χ4v) is 1.39. The van der Waals surface area contributed by atoms with E-state index in [4.69, 9.17) is 5.26 Å². The smallest absolute Gasteiger partial charge is 0.155 e. The predicted molar refractivity (Wildman–Crippen MR) is 50.2 cm³/mol. The van der Waals surface area contributed by atoms with Crippen molar-refractivity contribution in [2.45, 2.75) is 19.8 Å². The first-order valence-corrected chi connectivity index (χ1v) is 4.84. The Bertz CT molecular complexity index is 274. The molecule has 0 unspecified atom stereocenters. The highest BCUT2D eigenvalue weighted by Gasteiger charge is 2.02. The summed E-state index contributed by atoms with van der Waals surface area (Å²) in [6.45, 7) is 3.03. The molecule has 0 fully saturated rings. The van der Waals surface area contributed by atoms with Crippen LogP contribution < -0.4 is 5.32 Å². The van der Waals surface area contributed by atoms with E-state index in [1.807, 2.05) is 0 Å². The molecule has 0 aromatic carbocycles. The average molecular weight is 181 g/mol. The Morgan fingerprint density at radius 1 is 1.75 bits per heavy atom. The number of hydrogen-bond acceptors (Lipinski definition) is 4. The molecule has 1 heterocycles. The lowest BCUT2D eigenvalue weighted by Crippen LogP contribution is -2.01. The number of anilines is 1. The van der Waals surface area contributed by atoms with E-state index in [1.165, 1.54) is 11.3 Å². The maximum Gasteiger partial charge on any atom is 0.155 e. The maximum absolute atomic E-state index is 8.64. The van der Waals surface area contributed by atoms with Gasteiger partial charge in [0.2, 0.25) is 0 Å². The summed E-state index contributed by atoms with van der Waals surface area (Å²) in [6, 6.07) is 2.10. The molecule has 0 aliphatic carbocycles. The number of thiazole rings is 1. The van der Waals surface area contributed by atoms with Crippen LogP contribution in [-0.4, -0.2) is 11.5 Å². The van der Waals surface area contributed by atoms with Gasteiger partial charge >= 0.3 is 0 Å². The van der Waals surface area contributed by atoms with Crippen molar-refractivity contribution in [1.82, 2.24) is 4.98 Å². The summed E-state index contributed by atoms with van der Waals surface area (Å²) >= 11 is 1.37. The summed E-state index contributed by atoms with van der Waals surface area (Å²) in [5.74, 6) is 0.732. The Labute approximate surface area is 76.1 Å². The Morgan fingerprint density at radius 3 is 3.25 bits per heavy atom. The summed E-state index contributed by atoms with van der Waals surface area (Å²) in [5.41, 5.74) is 1.69. The first kappa shape index (κ1) is 9.01. The van der Waals surface area contributed by atoms with Gasteiger partial charge in [0.15, 0.2) is 5.82 Å². The van der Waals surface area contributed by atoms with E-state index in [0.29, 0.717) is 4.88 Å². The molecular formula is C8H11N3S. The van der Waals surface area contributed by atoms with E-state index >= 15 is 0 Å². The number of unbranched alkanes of at least 4 members (excludes halogenated alkanes) is 1. The van der Waals surface area contributed by atoms with Crippen molar-refractivity contribution in [3.8, 4) is 6.07 Å². The lowest BCUT2D eigenvalue weighted by atomic mass is 10.3. The number of nitrogens with zero attached hydrogens (tertiary/aromatic N) is 2. The molecule has 64 valence electrons. The number of hydrogen-bond donors (Lipinski definition) is 1. The van der Waals surface area contributed by atoms with Gasteiger partial charge in [-0.2, -0.15) is 5.26 Å². The summed E-state index contributed by atoms with van der Waals surface area (Å²) in [7, 11) is 0. The van der Waals surface area contributed by atoms with E-state index in [-0.39, 0.29) is 0 Å². The molecule has 0 bridgehead atoms. The molecule has 0 amide bonds. The van der Waals surface area contributed by atoms with Gasteiger partial charge in [-0.3, -0.25) is 0 Å². The van der Waals surface area contributed by atoms with E-state index in [2.05, 4.69) is 23.3 Å². The monoisotopic (exact) mass is 181 g/mol. The van der Waals surface area contributed by atoms with Crippen LogP contribution in [0, 0.1) is 11.3 Å². The van der Waals surface area contributed by atoms with E-state index in [9.17, 15) is 0 Å². The lowest BCUT2D eigenvalue weighted by Gasteiger charge is -2.00. The molecule has 4 heteroatoms. The third kappa shape index (κ3) is 2.21. The van der Waals surface area contributed by atoms with E-state index < -0.39 is 0 Å². The van der Waals surface area contributed by atoms with Crippen LogP contribution in [0.25, 0.3) is 0 Å². The molecule has 0 aliphatic heterocycles. The zero-order valence-corrected chi connectivity index (χ0v) is 7.82. The fraction of sp³-hybridized carbons (Fsp3) is 0.500. The van der Waals surface area contributed by atoms with Crippen LogP contribution in [-0.2, 0) is 0 Å². The first-order valence-electron chi connectivity index (χ1n) is 3.96. The van der Waals surface area contributed by atoms with E-state index in [0.717, 1.165) is 25.2 Å². The third-order valence-electron chi connectivity index (χ3n) is 1.49. The van der Waals surface area contributed by atoms with Gasteiger partial charge in [-0.05, 0) is 6.42 Å². The van der Waals surface area contributed by atoms with Gasteiger partial charge in [0, 0.05) is 6.54 Å². The maximum atomic E-state index is 8.64. The van der Waals surface area contributed by atoms with Crippen LogP contribution in [0.15, 0.2) is 5.51 Å². The largest absolute Gasteiger partial charge is 0.368 e. The molecule has 1 aromatic rings. The van der Waals surface area contributed by atoms with Gasteiger partial charge < -0.3 is 5.32 Å². The molecular weight excluding hydrogens is 170 g/mol. The molecule has 0 aliphatic rings. The SMILES string of the molecule is CCCCNc1ncsc1C#N. The van der Waals surface area contributed by atoms with E-state index in [1.54, 1.807) is 5.51 Å². The summed E-state index contributed by atoms with van der Waals surface area (Å²) in [4.78, 5) is 4.72. The molecule has 0 atom stereocenters. The summed E-state index contributed by atoms with van der Waals surface area (Å²) in [5, 5.41) is 11.8. The quantitative estimate of drug-likeness (QED) is 0.724. The molecule has 1 aromatic heterocycles. The van der Waals surface area contributed by atoms with Crippen LogP contribution in [0.5, 0.6) is 0 Å². The van der Waals surface area contributed by atoms with Crippen molar-refractivity contribution in [2.24, 2.45) is 0 Å². The number of rotatable bonds is 4. The predicted octanol–water partition coefficient (Wildman–Crippen LogP) is 2.23. The Morgan fingerprint density at radius 2 is 2.58 bits per heavy atom. The Balaban J connectivity index is 2.46. The van der Waals surface area contributed by atoms with Crippen molar-refractivity contribution in [3.63, 3.8) is 0 Å². The summed E-state index contributed by atoms with van der Waals surface area (Å²) in [6.07, 6.45) is 2.27. The number of aromatic nitrogens is 1. The Kier molecular flexibility index (Phi) is 3.55. The van der Waals surface area contributed by atoms with Crippen molar-refractivity contribution in [1.29, 1.82) is 5.26 Å². The highest BCUT2D eigenvalue weighted by atomic mass is 32.1. The Hall–Kier alpha value is -1.08. The molecule has 1 rings (SSSR count). The minimum atomic E-state index is 0.672. The lowest BCUT2D eigenvalue weighted by molar-refractivity contribution is 0.831. The fourth-order valence-electron chi connectivity index (χ4n) is 0.835. The molecule has 0 saturated carbocycles. The zero-order valence-electron chi connectivity index (χ0n) is 7.00. The highest BCUT2D eigenvalue weighted by Crippen LogP contribution is 2.16. The second kappa shape index (κ2) is 4.73. The highest BCUT2D eigenvalue weighted by molar-refractivity contribution is 7.10. The van der Waals surface area contributed by atoms with Gasteiger partial charge in [0.1, 0.15) is 10.9 Å². The first-order chi connectivity index (χ1) is 5.88. The van der Waals surface area contributed by atoms with Crippen LogP contribution >= 0.6 is 11.3 Å². The van der Waals surface area contributed by atoms with Gasteiger partial charge in [-0.15, -0.1) is 11.3 Å². The molecule has 0 saturated heterocycles. The molecule has 3 nitrogen and oxygen atoms in total. The van der Waals surface area contributed by atoms with Crippen molar-refractivity contribution < 1.29 is 0 Å². The van der Waals surface area contributed by atoms with Crippen LogP contribution in [0.2, 0.25) is 0 Å². The van der Waals surface area contributed by atoms with Gasteiger partial charge in [-0.25, -0.2) is 4.98 Å². The van der Waals surface area contributed by atoms with Crippen molar-refractivity contribution in [3.05, 3.63) is 10.4 Å². The van der Waals surface area contributed by atoms with Crippen LogP contribution in [0.4, 0.5) is 5.82 Å². The number of nitrogens with one attached hydrogen (secondary N) is 1. The minimum absolute atomic E-state index is 0.672. The third-order valence-corrected chi connectivity index (χ3v) is 2.22. The van der Waals surface area contributed by atoms with Gasteiger partial charge in [-0.1, -0.05) is 13.3 Å². The topological polar surface area (TPSA) is 48.7 Å². The number of nitriles is 1. The van der Waals surface area contributed by atoms with Crippen molar-refractivity contribution >= 4 is 17.2 Å². The zero-order chi connectivity index (χ0) is 8.81. The molecule has 0 radical (unpaired) electrons. The molecule has 12 heavy (non-hydrogen) atoms. The second-order valence-corrected chi connectivity index (χ2v) is 3.28. The summed E-state index contributed by atoms with van der Waals surface area (Å²) < 4.78 is 0. The average Bonchev–Trinajstić information content (AvgIpc) is 2.52. The molecule has 0 spiro atoms. The van der Waals surface area contributed by atoms with Crippen LogP contribution in [0.1, 0.15) is 24.6 Å². The molecule has 1 N–H and O–H groups in total. The van der Waals surface area contributed by atoms with Gasteiger partial charge in [0.25, 0.3) is 0 Å². The van der Waals surface area contributed by atoms with Crippen molar-refractivity contribution in [2.75, 3.05) is 11.9 Å². The standard InChI is InChI=1S/C8H11N3S/c1-2-3-4-10-8-7(5-9)12-6-11-8/h6,10H,2-4H2,1H3. The van der Waals surface area contributed by atoms with Crippen LogP contribution in [0.3, 0.4) is 0 Å².